The van der Waals surface area contributed by atoms with Crippen LogP contribution in [0.1, 0.15) is 12.8 Å². The first-order valence-corrected chi connectivity index (χ1v) is 5.86. The second kappa shape index (κ2) is 5.12. The Hall–Kier alpha value is -1.98. The largest absolute Gasteiger partial charge is 0.465 e. The molecule has 0 radical (unpaired) electrons. The highest BCUT2D eigenvalue weighted by Crippen LogP contribution is 2.22. The van der Waals surface area contributed by atoms with Crippen molar-refractivity contribution in [3.8, 4) is 0 Å². The molecule has 0 saturated carbocycles. The maximum atomic E-state index is 12.9. The summed E-state index contributed by atoms with van der Waals surface area (Å²) < 4.78 is 12.9. The minimum absolute atomic E-state index is 0.0491. The second-order valence-corrected chi connectivity index (χ2v) is 4.38. The number of benzene rings is 1. The number of rotatable bonds is 3. The van der Waals surface area contributed by atoms with E-state index in [-0.39, 0.29) is 11.9 Å². The fraction of sp³-hybridized carbons (Fsp3) is 0.417. The Kier molecular flexibility index (Phi) is 3.55. The van der Waals surface area contributed by atoms with Gasteiger partial charge in [0.25, 0.3) is 0 Å². The van der Waals surface area contributed by atoms with Crippen LogP contribution in [-0.2, 0) is 0 Å². The van der Waals surface area contributed by atoms with Gasteiger partial charge in [0, 0.05) is 13.1 Å². The van der Waals surface area contributed by atoms with Gasteiger partial charge in [0.2, 0.25) is 0 Å². The molecule has 1 amide bonds. The van der Waals surface area contributed by atoms with Gasteiger partial charge in [0.05, 0.1) is 17.4 Å². The maximum Gasteiger partial charge on any atom is 0.407 e. The number of carboxylic acid groups (broad SMARTS) is 1. The number of halogens is 1. The average Bonchev–Trinajstić information content (AvgIpc) is 2.76. The Labute approximate surface area is 104 Å². The summed E-state index contributed by atoms with van der Waals surface area (Å²) in [5.74, 6) is -0.383. The van der Waals surface area contributed by atoms with Gasteiger partial charge in [0.1, 0.15) is 5.82 Å². The monoisotopic (exact) mass is 253 g/mol. The summed E-state index contributed by atoms with van der Waals surface area (Å²) in [4.78, 5) is 12.4. The summed E-state index contributed by atoms with van der Waals surface area (Å²) in [5.41, 5.74) is 6.63. The molecule has 0 bridgehead atoms. The van der Waals surface area contributed by atoms with Gasteiger partial charge in [-0.1, -0.05) is 0 Å². The minimum Gasteiger partial charge on any atom is -0.465 e. The average molecular weight is 253 g/mol. The molecule has 1 fully saturated rings. The summed E-state index contributed by atoms with van der Waals surface area (Å²) in [6.45, 7) is 1.06. The van der Waals surface area contributed by atoms with Crippen LogP contribution in [-0.4, -0.2) is 35.2 Å². The van der Waals surface area contributed by atoms with E-state index in [1.807, 2.05) is 0 Å². The van der Waals surface area contributed by atoms with Crippen LogP contribution in [0.25, 0.3) is 0 Å². The molecule has 0 spiro atoms. The van der Waals surface area contributed by atoms with Crippen molar-refractivity contribution in [2.24, 2.45) is 0 Å². The van der Waals surface area contributed by atoms with Crippen molar-refractivity contribution in [1.29, 1.82) is 0 Å². The van der Waals surface area contributed by atoms with Crippen molar-refractivity contribution in [2.45, 2.75) is 18.9 Å². The molecule has 6 heteroatoms. The Morgan fingerprint density at radius 1 is 1.61 bits per heavy atom. The SMILES string of the molecule is Nc1cc(F)ccc1NC[C@@H]1CCCN1C(=O)O. The number of carbonyl (C=O) groups is 1. The van der Waals surface area contributed by atoms with Gasteiger partial charge in [-0.15, -0.1) is 0 Å². The third kappa shape index (κ3) is 2.64. The molecule has 1 aromatic carbocycles. The fourth-order valence-corrected chi connectivity index (χ4v) is 2.22. The van der Waals surface area contributed by atoms with Crippen LogP contribution < -0.4 is 11.1 Å². The molecular weight excluding hydrogens is 237 g/mol. The summed E-state index contributed by atoms with van der Waals surface area (Å²) in [7, 11) is 0. The number of nitrogens with two attached hydrogens (primary N) is 1. The molecule has 1 saturated heterocycles. The number of amides is 1. The first kappa shape index (κ1) is 12.5. The van der Waals surface area contributed by atoms with Gasteiger partial charge in [-0.05, 0) is 31.0 Å². The summed E-state index contributed by atoms with van der Waals surface area (Å²) in [5, 5.41) is 12.1. The van der Waals surface area contributed by atoms with Gasteiger partial charge in [-0.25, -0.2) is 9.18 Å². The molecule has 98 valence electrons. The van der Waals surface area contributed by atoms with Gasteiger partial charge in [0.15, 0.2) is 0 Å². The lowest BCUT2D eigenvalue weighted by molar-refractivity contribution is 0.142. The molecule has 1 aliphatic heterocycles. The number of hydrogen-bond acceptors (Lipinski definition) is 3. The first-order chi connectivity index (χ1) is 8.58. The van der Waals surface area contributed by atoms with E-state index in [1.165, 1.54) is 17.0 Å². The predicted molar refractivity (Wildman–Crippen MR) is 67.1 cm³/mol. The Morgan fingerprint density at radius 3 is 3.06 bits per heavy atom. The van der Waals surface area contributed by atoms with Crippen molar-refractivity contribution in [3.05, 3.63) is 24.0 Å². The second-order valence-electron chi connectivity index (χ2n) is 4.38. The number of likely N-dealkylation sites (tertiary alicyclic amines) is 1. The number of hydrogen-bond donors (Lipinski definition) is 3. The van der Waals surface area contributed by atoms with Crippen molar-refractivity contribution in [2.75, 3.05) is 24.1 Å². The standard InChI is InChI=1S/C12H16FN3O2/c13-8-3-4-11(10(14)6-8)15-7-9-2-1-5-16(9)12(17)18/h3-4,6,9,15H,1-2,5,7,14H2,(H,17,18)/t9-/m0/s1. The van der Waals surface area contributed by atoms with E-state index in [2.05, 4.69) is 5.32 Å². The molecule has 0 unspecified atom stereocenters. The highest BCUT2D eigenvalue weighted by molar-refractivity contribution is 5.67. The number of anilines is 2. The van der Waals surface area contributed by atoms with E-state index in [1.54, 1.807) is 6.07 Å². The van der Waals surface area contributed by atoms with Crippen molar-refractivity contribution >= 4 is 17.5 Å². The van der Waals surface area contributed by atoms with Crippen LogP contribution >= 0.6 is 0 Å². The van der Waals surface area contributed by atoms with E-state index >= 15 is 0 Å². The van der Waals surface area contributed by atoms with Crippen LogP contribution in [0.15, 0.2) is 18.2 Å². The highest BCUT2D eigenvalue weighted by atomic mass is 19.1. The molecule has 0 aromatic heterocycles. The highest BCUT2D eigenvalue weighted by Gasteiger charge is 2.28. The van der Waals surface area contributed by atoms with Crippen LogP contribution in [0.2, 0.25) is 0 Å². The van der Waals surface area contributed by atoms with Crippen molar-refractivity contribution in [1.82, 2.24) is 4.90 Å². The molecule has 0 aliphatic carbocycles. The van der Waals surface area contributed by atoms with E-state index in [0.717, 1.165) is 12.8 Å². The zero-order valence-corrected chi connectivity index (χ0v) is 9.90. The van der Waals surface area contributed by atoms with Gasteiger partial charge in [-0.3, -0.25) is 0 Å². The lowest BCUT2D eigenvalue weighted by Crippen LogP contribution is -2.38. The minimum atomic E-state index is -0.897. The van der Waals surface area contributed by atoms with Crippen LogP contribution in [0.5, 0.6) is 0 Å². The third-order valence-electron chi connectivity index (χ3n) is 3.16. The van der Waals surface area contributed by atoms with Gasteiger partial charge >= 0.3 is 6.09 Å². The predicted octanol–water partition coefficient (Wildman–Crippen LogP) is 1.96. The lowest BCUT2D eigenvalue weighted by Gasteiger charge is -2.22. The van der Waals surface area contributed by atoms with E-state index in [0.29, 0.717) is 24.5 Å². The first-order valence-electron chi connectivity index (χ1n) is 5.86. The number of nitrogens with zero attached hydrogens (tertiary/aromatic N) is 1. The zero-order chi connectivity index (χ0) is 13.1. The van der Waals surface area contributed by atoms with Crippen LogP contribution in [0, 0.1) is 5.82 Å². The molecule has 4 N–H and O–H groups in total. The summed E-state index contributed by atoms with van der Waals surface area (Å²) >= 11 is 0. The Bertz CT molecular complexity index is 453. The molecule has 1 heterocycles. The van der Waals surface area contributed by atoms with Crippen LogP contribution in [0.4, 0.5) is 20.6 Å². The van der Waals surface area contributed by atoms with E-state index < -0.39 is 6.09 Å². The van der Waals surface area contributed by atoms with Crippen LogP contribution in [0.3, 0.4) is 0 Å². The number of nitrogen functional groups attached to an aromatic ring is 1. The molecule has 1 atom stereocenters. The normalized spacial score (nSPS) is 18.9. The Morgan fingerprint density at radius 2 is 2.39 bits per heavy atom. The molecule has 18 heavy (non-hydrogen) atoms. The van der Waals surface area contributed by atoms with Gasteiger partial charge < -0.3 is 21.1 Å². The summed E-state index contributed by atoms with van der Waals surface area (Å²) in [6, 6.07) is 4.07. The lowest BCUT2D eigenvalue weighted by atomic mass is 10.2. The molecular formula is C12H16FN3O2. The number of nitrogens with one attached hydrogen (secondary N) is 1. The molecule has 1 aromatic rings. The fourth-order valence-electron chi connectivity index (χ4n) is 2.22. The van der Waals surface area contributed by atoms with E-state index in [4.69, 9.17) is 10.8 Å². The van der Waals surface area contributed by atoms with Gasteiger partial charge in [-0.2, -0.15) is 0 Å². The summed E-state index contributed by atoms with van der Waals surface area (Å²) in [6.07, 6.45) is 0.809. The molecule has 1 aliphatic rings. The molecule has 2 rings (SSSR count). The van der Waals surface area contributed by atoms with E-state index in [9.17, 15) is 9.18 Å². The Balaban J connectivity index is 1.97. The third-order valence-corrected chi connectivity index (χ3v) is 3.16. The van der Waals surface area contributed by atoms with Crippen molar-refractivity contribution < 1.29 is 14.3 Å². The smallest absolute Gasteiger partial charge is 0.407 e. The van der Waals surface area contributed by atoms with Crippen molar-refractivity contribution in [3.63, 3.8) is 0 Å². The topological polar surface area (TPSA) is 78.6 Å². The molecule has 5 nitrogen and oxygen atoms in total. The maximum absolute atomic E-state index is 12.9. The quantitative estimate of drug-likeness (QED) is 0.719. The zero-order valence-electron chi connectivity index (χ0n) is 9.90.